The van der Waals surface area contributed by atoms with E-state index < -0.39 is 23.9 Å². The molecule has 24 heavy (non-hydrogen) atoms. The zero-order chi connectivity index (χ0) is 17.9. The third kappa shape index (κ3) is 3.89. The minimum Gasteiger partial charge on any atom is -0.480 e. The van der Waals surface area contributed by atoms with Gasteiger partial charge >= 0.3 is 12.0 Å². The fourth-order valence-corrected chi connectivity index (χ4v) is 2.35. The molecule has 0 bridgehead atoms. The van der Waals surface area contributed by atoms with Crippen molar-refractivity contribution in [1.29, 1.82) is 0 Å². The molecule has 8 heteroatoms. The lowest BCUT2D eigenvalue weighted by molar-refractivity contribution is -0.140. The molecule has 1 aliphatic heterocycles. The standard InChI is InChI=1S/C16H19N3O5/c1-9(2)13(15(22)23)18-14(21)11-5-3-4-10(6-11)8-19-12(20)7-17-16(19)24/h3-6,9,13H,7-8H2,1-2H3,(H,17,24)(H,18,21)(H,22,23)/t13-/m1/s1. The summed E-state index contributed by atoms with van der Waals surface area (Å²) in [5.74, 6) is -2.22. The van der Waals surface area contributed by atoms with E-state index in [1.165, 1.54) is 6.07 Å². The van der Waals surface area contributed by atoms with Gasteiger partial charge in [-0.1, -0.05) is 26.0 Å². The van der Waals surface area contributed by atoms with Crippen LogP contribution in [-0.2, 0) is 16.1 Å². The van der Waals surface area contributed by atoms with Crippen LogP contribution in [0.15, 0.2) is 24.3 Å². The van der Waals surface area contributed by atoms with Crippen LogP contribution in [0, 0.1) is 5.92 Å². The number of hydrogen-bond donors (Lipinski definition) is 3. The monoisotopic (exact) mass is 333 g/mol. The second-order valence-electron chi connectivity index (χ2n) is 5.87. The Bertz CT molecular complexity index is 670. The Morgan fingerprint density at radius 1 is 1.33 bits per heavy atom. The number of rotatable bonds is 6. The minimum absolute atomic E-state index is 0.0340. The predicted molar refractivity (Wildman–Crippen MR) is 84.1 cm³/mol. The topological polar surface area (TPSA) is 116 Å². The molecule has 1 heterocycles. The van der Waals surface area contributed by atoms with Gasteiger partial charge in [0.15, 0.2) is 0 Å². The van der Waals surface area contributed by atoms with Crippen molar-refractivity contribution in [2.75, 3.05) is 6.54 Å². The number of aliphatic carboxylic acids is 1. The number of hydrogen-bond acceptors (Lipinski definition) is 4. The van der Waals surface area contributed by atoms with Crippen LogP contribution in [-0.4, -0.2) is 46.4 Å². The summed E-state index contributed by atoms with van der Waals surface area (Å²) in [6.07, 6.45) is 0. The number of nitrogens with one attached hydrogen (secondary N) is 2. The molecule has 2 rings (SSSR count). The van der Waals surface area contributed by atoms with Crippen LogP contribution < -0.4 is 10.6 Å². The number of carbonyl (C=O) groups is 4. The number of imide groups is 1. The Hall–Kier alpha value is -2.90. The summed E-state index contributed by atoms with van der Waals surface area (Å²) in [5.41, 5.74) is 0.871. The molecule has 0 aliphatic carbocycles. The highest BCUT2D eigenvalue weighted by molar-refractivity contribution is 6.02. The highest BCUT2D eigenvalue weighted by Crippen LogP contribution is 2.12. The number of benzene rings is 1. The molecule has 1 aromatic carbocycles. The largest absolute Gasteiger partial charge is 0.480 e. The molecule has 8 nitrogen and oxygen atoms in total. The number of urea groups is 1. The van der Waals surface area contributed by atoms with E-state index in [2.05, 4.69) is 10.6 Å². The lowest BCUT2D eigenvalue weighted by Crippen LogP contribution is -2.44. The van der Waals surface area contributed by atoms with Crippen molar-refractivity contribution in [3.8, 4) is 0 Å². The van der Waals surface area contributed by atoms with Crippen molar-refractivity contribution in [2.45, 2.75) is 26.4 Å². The van der Waals surface area contributed by atoms with Gasteiger partial charge in [-0.25, -0.2) is 9.59 Å². The fourth-order valence-electron chi connectivity index (χ4n) is 2.35. The van der Waals surface area contributed by atoms with Gasteiger partial charge in [-0.2, -0.15) is 0 Å². The van der Waals surface area contributed by atoms with Gasteiger partial charge in [0.2, 0.25) is 5.91 Å². The summed E-state index contributed by atoms with van der Waals surface area (Å²) < 4.78 is 0. The maximum atomic E-state index is 12.2. The molecule has 1 aliphatic rings. The van der Waals surface area contributed by atoms with Crippen molar-refractivity contribution >= 4 is 23.8 Å². The average molecular weight is 333 g/mol. The van der Waals surface area contributed by atoms with E-state index in [1.54, 1.807) is 32.0 Å². The van der Waals surface area contributed by atoms with Gasteiger partial charge in [-0.15, -0.1) is 0 Å². The number of carboxylic acid groups (broad SMARTS) is 1. The summed E-state index contributed by atoms with van der Waals surface area (Å²) in [6.45, 7) is 3.42. The smallest absolute Gasteiger partial charge is 0.326 e. The zero-order valence-corrected chi connectivity index (χ0v) is 13.4. The van der Waals surface area contributed by atoms with E-state index in [-0.39, 0.29) is 30.5 Å². The average Bonchev–Trinajstić information content (AvgIpc) is 2.84. The van der Waals surface area contributed by atoms with Crippen LogP contribution in [0.3, 0.4) is 0 Å². The number of carboxylic acids is 1. The summed E-state index contributed by atoms with van der Waals surface area (Å²) >= 11 is 0. The molecule has 1 atom stereocenters. The SMILES string of the molecule is CC(C)[C@@H](NC(=O)c1cccc(CN2C(=O)CNC2=O)c1)C(=O)O. The molecule has 1 saturated heterocycles. The Balaban J connectivity index is 2.12. The molecule has 1 fully saturated rings. The molecule has 0 spiro atoms. The summed E-state index contributed by atoms with van der Waals surface area (Å²) in [5, 5.41) is 14.0. The summed E-state index contributed by atoms with van der Waals surface area (Å²) in [4.78, 5) is 47.6. The highest BCUT2D eigenvalue weighted by atomic mass is 16.4. The molecular formula is C16H19N3O5. The Morgan fingerprint density at radius 2 is 2.04 bits per heavy atom. The van der Waals surface area contributed by atoms with Crippen LogP contribution in [0.2, 0.25) is 0 Å². The van der Waals surface area contributed by atoms with Gasteiger partial charge < -0.3 is 15.7 Å². The van der Waals surface area contributed by atoms with Crippen molar-refractivity contribution in [2.24, 2.45) is 5.92 Å². The van der Waals surface area contributed by atoms with Gasteiger partial charge in [0.25, 0.3) is 5.91 Å². The van der Waals surface area contributed by atoms with Gasteiger partial charge in [0.05, 0.1) is 13.1 Å². The molecular weight excluding hydrogens is 314 g/mol. The van der Waals surface area contributed by atoms with Gasteiger partial charge in [-0.05, 0) is 23.6 Å². The van der Waals surface area contributed by atoms with E-state index in [4.69, 9.17) is 5.11 Å². The van der Waals surface area contributed by atoms with E-state index >= 15 is 0 Å². The second kappa shape index (κ2) is 7.12. The molecule has 0 aromatic heterocycles. The highest BCUT2D eigenvalue weighted by Gasteiger charge is 2.28. The Labute approximate surface area is 138 Å². The van der Waals surface area contributed by atoms with Crippen LogP contribution in [0.4, 0.5) is 4.79 Å². The first-order chi connectivity index (χ1) is 11.3. The Morgan fingerprint density at radius 3 is 2.58 bits per heavy atom. The van der Waals surface area contributed by atoms with Crippen molar-refractivity contribution in [3.63, 3.8) is 0 Å². The normalized spacial score (nSPS) is 15.4. The zero-order valence-electron chi connectivity index (χ0n) is 13.4. The molecule has 128 valence electrons. The van der Waals surface area contributed by atoms with E-state index in [9.17, 15) is 19.2 Å². The van der Waals surface area contributed by atoms with Crippen molar-refractivity contribution < 1.29 is 24.3 Å². The number of carbonyl (C=O) groups excluding carboxylic acids is 3. The van der Waals surface area contributed by atoms with E-state index in [0.29, 0.717) is 5.56 Å². The molecule has 3 N–H and O–H groups in total. The first kappa shape index (κ1) is 17.5. The first-order valence-electron chi connectivity index (χ1n) is 7.50. The second-order valence-corrected chi connectivity index (χ2v) is 5.87. The fraction of sp³-hybridized carbons (Fsp3) is 0.375. The maximum absolute atomic E-state index is 12.2. The van der Waals surface area contributed by atoms with Crippen LogP contribution in [0.25, 0.3) is 0 Å². The van der Waals surface area contributed by atoms with E-state index in [1.807, 2.05) is 0 Å². The van der Waals surface area contributed by atoms with Gasteiger partial charge in [0.1, 0.15) is 6.04 Å². The molecule has 4 amide bonds. The van der Waals surface area contributed by atoms with Crippen LogP contribution >= 0.6 is 0 Å². The Kier molecular flexibility index (Phi) is 5.18. The lowest BCUT2D eigenvalue weighted by atomic mass is 10.0. The molecule has 1 aromatic rings. The quantitative estimate of drug-likeness (QED) is 0.659. The third-order valence-corrected chi connectivity index (χ3v) is 3.69. The molecule has 0 unspecified atom stereocenters. The molecule has 0 saturated carbocycles. The number of nitrogens with zero attached hydrogens (tertiary/aromatic N) is 1. The predicted octanol–water partition coefficient (Wildman–Crippen LogP) is 0.577. The summed E-state index contributed by atoms with van der Waals surface area (Å²) in [7, 11) is 0. The minimum atomic E-state index is -1.10. The third-order valence-electron chi connectivity index (χ3n) is 3.69. The van der Waals surface area contributed by atoms with Crippen molar-refractivity contribution in [3.05, 3.63) is 35.4 Å². The van der Waals surface area contributed by atoms with Crippen LogP contribution in [0.5, 0.6) is 0 Å². The maximum Gasteiger partial charge on any atom is 0.326 e. The van der Waals surface area contributed by atoms with Gasteiger partial charge in [-0.3, -0.25) is 14.5 Å². The first-order valence-corrected chi connectivity index (χ1v) is 7.50. The summed E-state index contributed by atoms with van der Waals surface area (Å²) in [6, 6.07) is 4.92. The van der Waals surface area contributed by atoms with Crippen LogP contribution in [0.1, 0.15) is 29.8 Å². The van der Waals surface area contributed by atoms with Crippen molar-refractivity contribution in [1.82, 2.24) is 15.5 Å². The van der Waals surface area contributed by atoms with E-state index in [0.717, 1.165) is 4.90 Å². The van der Waals surface area contributed by atoms with Gasteiger partial charge in [0, 0.05) is 5.56 Å². The number of amides is 4. The molecule has 0 radical (unpaired) electrons. The lowest BCUT2D eigenvalue weighted by Gasteiger charge is -2.18.